The minimum absolute atomic E-state index is 1.20. The molecule has 0 atom stereocenters. The molecule has 0 bridgehead atoms. The van der Waals surface area contributed by atoms with E-state index in [-0.39, 0.29) is 0 Å². The zero-order chi connectivity index (χ0) is 8.72. The molecule has 1 nitrogen and oxygen atoms in total. The molecule has 0 unspecified atom stereocenters. The van der Waals surface area contributed by atoms with E-state index in [0.717, 1.165) is 0 Å². The Balaban J connectivity index is 2.99. The molecule has 1 aromatic carbocycles. The monoisotopic (exact) mass is 158 g/mol. The highest BCUT2D eigenvalue weighted by Gasteiger charge is 2.05. The van der Waals surface area contributed by atoms with E-state index in [0.29, 0.717) is 0 Å². The molecule has 0 saturated heterocycles. The molecule has 0 fully saturated rings. The quantitative estimate of drug-likeness (QED) is 0.555. The van der Waals surface area contributed by atoms with E-state index in [1.807, 2.05) is 12.1 Å². The van der Waals surface area contributed by atoms with Gasteiger partial charge >= 0.3 is 0 Å². The average molecular weight is 158 g/mol. The van der Waals surface area contributed by atoms with Gasteiger partial charge in [-0.05, 0) is 19.4 Å². The molecule has 12 heavy (non-hydrogen) atoms. The highest BCUT2D eigenvalue weighted by Crippen LogP contribution is 2.22. The van der Waals surface area contributed by atoms with Gasteiger partial charge in [-0.3, -0.25) is 0 Å². The van der Waals surface area contributed by atoms with E-state index >= 15 is 0 Å². The van der Waals surface area contributed by atoms with Gasteiger partial charge in [0.2, 0.25) is 0 Å². The van der Waals surface area contributed by atoms with Crippen molar-refractivity contribution in [2.24, 2.45) is 7.05 Å². The zero-order valence-corrected chi connectivity index (χ0v) is 7.68. The van der Waals surface area contributed by atoms with Gasteiger partial charge in [0.1, 0.15) is 0 Å². The lowest BCUT2D eigenvalue weighted by Crippen LogP contribution is -1.89. The average Bonchev–Trinajstić information content (AvgIpc) is 2.33. The Bertz CT molecular complexity index is 385. The van der Waals surface area contributed by atoms with Crippen LogP contribution in [-0.4, -0.2) is 4.57 Å². The van der Waals surface area contributed by atoms with Crippen LogP contribution in [0.1, 0.15) is 11.3 Å². The number of aryl methyl sites for hydroxylation is 2. The Morgan fingerprint density at radius 1 is 1.33 bits per heavy atom. The molecule has 0 aliphatic rings. The minimum Gasteiger partial charge on any atom is -0.347 e. The zero-order valence-electron chi connectivity index (χ0n) is 7.68. The second-order valence-corrected chi connectivity index (χ2v) is 3.20. The summed E-state index contributed by atoms with van der Waals surface area (Å²) in [5.74, 6) is 0. The number of hydrogen-bond donors (Lipinski definition) is 0. The van der Waals surface area contributed by atoms with E-state index in [9.17, 15) is 0 Å². The first-order chi connectivity index (χ1) is 5.72. The Morgan fingerprint density at radius 2 is 2.08 bits per heavy atom. The van der Waals surface area contributed by atoms with E-state index < -0.39 is 0 Å². The number of fused-ring (bicyclic) bond motifs is 1. The van der Waals surface area contributed by atoms with Gasteiger partial charge in [0.05, 0.1) is 5.52 Å². The van der Waals surface area contributed by atoms with Crippen molar-refractivity contribution in [3.8, 4) is 0 Å². The molecule has 1 heteroatoms. The van der Waals surface area contributed by atoms with Gasteiger partial charge < -0.3 is 4.57 Å². The predicted molar refractivity (Wildman–Crippen MR) is 51.2 cm³/mol. The molecule has 2 aromatic rings. The van der Waals surface area contributed by atoms with Crippen molar-refractivity contribution in [1.82, 2.24) is 4.57 Å². The van der Waals surface area contributed by atoms with Crippen LogP contribution in [0.4, 0.5) is 0 Å². The Kier molecular flexibility index (Phi) is 1.47. The second-order valence-electron chi connectivity index (χ2n) is 3.20. The standard InChI is InChI=1S/C11H12N/c1-8-9(2)12(3)11-7-5-4-6-10(8)11/h4-6H,1-3H3. The van der Waals surface area contributed by atoms with E-state index in [2.05, 4.69) is 37.6 Å². The Labute approximate surface area is 72.6 Å². The van der Waals surface area contributed by atoms with Gasteiger partial charge in [0, 0.05) is 24.2 Å². The third kappa shape index (κ3) is 0.795. The summed E-state index contributed by atoms with van der Waals surface area (Å²) in [5.41, 5.74) is 3.89. The molecule has 0 aliphatic carbocycles. The van der Waals surface area contributed by atoms with Gasteiger partial charge in [0.25, 0.3) is 0 Å². The fourth-order valence-electron chi connectivity index (χ4n) is 1.62. The van der Waals surface area contributed by atoms with E-state index in [1.165, 1.54) is 22.2 Å². The largest absolute Gasteiger partial charge is 0.347 e. The SMILES string of the molecule is Cc1c(C)n(C)c2[c]cccc12. The van der Waals surface area contributed by atoms with Crippen molar-refractivity contribution < 1.29 is 0 Å². The molecule has 0 N–H and O–H groups in total. The van der Waals surface area contributed by atoms with Crippen LogP contribution < -0.4 is 0 Å². The van der Waals surface area contributed by atoms with Gasteiger partial charge in [-0.15, -0.1) is 0 Å². The van der Waals surface area contributed by atoms with Gasteiger partial charge in [-0.25, -0.2) is 0 Å². The van der Waals surface area contributed by atoms with Crippen molar-refractivity contribution in [3.63, 3.8) is 0 Å². The summed E-state index contributed by atoms with van der Waals surface area (Å²) in [4.78, 5) is 0. The molecule has 0 saturated carbocycles. The number of hydrogen-bond acceptors (Lipinski definition) is 0. The van der Waals surface area contributed by atoms with Crippen molar-refractivity contribution >= 4 is 10.9 Å². The molecular weight excluding hydrogens is 146 g/mol. The molecule has 0 amide bonds. The summed E-state index contributed by atoms with van der Waals surface area (Å²) in [6.45, 7) is 4.30. The molecule has 1 radical (unpaired) electrons. The molecule has 1 heterocycles. The third-order valence-corrected chi connectivity index (χ3v) is 2.62. The molecular formula is C11H12N. The normalized spacial score (nSPS) is 10.9. The van der Waals surface area contributed by atoms with Crippen LogP contribution in [0.3, 0.4) is 0 Å². The summed E-state index contributed by atoms with van der Waals surface area (Å²) in [7, 11) is 2.08. The fourth-order valence-corrected chi connectivity index (χ4v) is 1.62. The van der Waals surface area contributed by atoms with Crippen LogP contribution in [0.25, 0.3) is 10.9 Å². The van der Waals surface area contributed by atoms with Crippen molar-refractivity contribution in [2.75, 3.05) is 0 Å². The van der Waals surface area contributed by atoms with Crippen LogP contribution in [-0.2, 0) is 7.05 Å². The number of benzene rings is 1. The summed E-state index contributed by atoms with van der Waals surface area (Å²) < 4.78 is 2.19. The first-order valence-electron chi connectivity index (χ1n) is 4.14. The number of aromatic nitrogens is 1. The number of para-hydroxylation sites is 1. The van der Waals surface area contributed by atoms with Crippen LogP contribution in [0.2, 0.25) is 0 Å². The van der Waals surface area contributed by atoms with Crippen molar-refractivity contribution in [3.05, 3.63) is 35.5 Å². The Morgan fingerprint density at radius 3 is 2.75 bits per heavy atom. The van der Waals surface area contributed by atoms with Crippen LogP contribution in [0, 0.1) is 19.9 Å². The highest BCUT2D eigenvalue weighted by molar-refractivity contribution is 5.84. The molecule has 2 rings (SSSR count). The summed E-state index contributed by atoms with van der Waals surface area (Å²) >= 11 is 0. The fraction of sp³-hybridized carbons (Fsp3) is 0.273. The molecule has 0 spiro atoms. The van der Waals surface area contributed by atoms with Crippen LogP contribution in [0.5, 0.6) is 0 Å². The van der Waals surface area contributed by atoms with Gasteiger partial charge in [-0.2, -0.15) is 0 Å². The second kappa shape index (κ2) is 2.37. The molecule has 61 valence electrons. The molecule has 1 aromatic heterocycles. The molecule has 0 aliphatic heterocycles. The first kappa shape index (κ1) is 7.41. The van der Waals surface area contributed by atoms with Crippen molar-refractivity contribution in [1.29, 1.82) is 0 Å². The minimum atomic E-state index is 1.20. The van der Waals surface area contributed by atoms with E-state index in [1.54, 1.807) is 0 Å². The van der Waals surface area contributed by atoms with Gasteiger partial charge in [-0.1, -0.05) is 18.2 Å². The lowest BCUT2D eigenvalue weighted by Gasteiger charge is -1.96. The predicted octanol–water partition coefficient (Wildman–Crippen LogP) is 2.60. The topological polar surface area (TPSA) is 4.93 Å². The van der Waals surface area contributed by atoms with Crippen LogP contribution >= 0.6 is 0 Å². The van der Waals surface area contributed by atoms with Crippen molar-refractivity contribution in [2.45, 2.75) is 13.8 Å². The first-order valence-corrected chi connectivity index (χ1v) is 4.14. The lowest BCUT2D eigenvalue weighted by molar-refractivity contribution is 0.910. The third-order valence-electron chi connectivity index (χ3n) is 2.62. The number of nitrogens with zero attached hydrogens (tertiary/aromatic N) is 1. The van der Waals surface area contributed by atoms with Crippen LogP contribution in [0.15, 0.2) is 18.2 Å². The highest BCUT2D eigenvalue weighted by atomic mass is 14.9. The maximum atomic E-state index is 3.24. The maximum Gasteiger partial charge on any atom is 0.0563 e. The van der Waals surface area contributed by atoms with E-state index in [4.69, 9.17) is 0 Å². The smallest absolute Gasteiger partial charge is 0.0563 e. The van der Waals surface area contributed by atoms with Gasteiger partial charge in [0.15, 0.2) is 0 Å². The number of rotatable bonds is 0. The summed E-state index contributed by atoms with van der Waals surface area (Å²) in [6.07, 6.45) is 0. The summed E-state index contributed by atoms with van der Waals surface area (Å²) in [5, 5.41) is 1.32. The summed E-state index contributed by atoms with van der Waals surface area (Å²) in [6, 6.07) is 9.39. The Hall–Kier alpha value is -1.24. The maximum absolute atomic E-state index is 3.24. The lowest BCUT2D eigenvalue weighted by atomic mass is 10.2.